The van der Waals surface area contributed by atoms with E-state index in [1.165, 1.54) is 37.4 Å². The normalized spacial score (nSPS) is 17.1. The van der Waals surface area contributed by atoms with Crippen LogP contribution < -0.4 is 20.7 Å². The lowest BCUT2D eigenvalue weighted by Gasteiger charge is -2.38. The zero-order valence-electron chi connectivity index (χ0n) is 40.5. The Morgan fingerprint density at radius 2 is 1.74 bits per heavy atom. The third kappa shape index (κ3) is 18.7. The van der Waals surface area contributed by atoms with Gasteiger partial charge in [0.05, 0.1) is 17.6 Å². The maximum Gasteiger partial charge on any atom is 0.529 e. The molecule has 2 heterocycles. The van der Waals surface area contributed by atoms with Gasteiger partial charge in [0, 0.05) is 49.0 Å². The van der Waals surface area contributed by atoms with Crippen LogP contribution in [0.1, 0.15) is 134 Å². The molecule has 6 N–H and O–H groups in total. The van der Waals surface area contributed by atoms with E-state index in [9.17, 15) is 43.2 Å². The summed E-state index contributed by atoms with van der Waals surface area (Å²) in [6.45, 7) is 14.8. The van der Waals surface area contributed by atoms with Crippen LogP contribution in [-0.2, 0) is 44.2 Å². The minimum atomic E-state index is -5.28. The minimum absolute atomic E-state index is 0.000334. The number of phosphoric acid groups is 1. The number of likely N-dealkylation sites (tertiary alicyclic amines) is 1. The number of rotatable bonds is 24. The number of benzene rings is 1. The monoisotopic (exact) mass is 1010 g/mol. The van der Waals surface area contributed by atoms with E-state index >= 15 is 0 Å². The zero-order chi connectivity index (χ0) is 51.3. The summed E-state index contributed by atoms with van der Waals surface area (Å²) in [6.07, 6.45) is 0.915. The number of thiazole rings is 1. The Kier molecular flexibility index (Phi) is 21.9. The summed E-state index contributed by atoms with van der Waals surface area (Å²) in [5.41, 5.74) is 0.293. The van der Waals surface area contributed by atoms with E-state index in [0.29, 0.717) is 24.8 Å². The highest BCUT2D eigenvalue weighted by Gasteiger charge is 2.38. The van der Waals surface area contributed by atoms with E-state index in [2.05, 4.69) is 38.1 Å². The van der Waals surface area contributed by atoms with Crippen molar-refractivity contribution < 1.29 is 67.0 Å². The smallest absolute Gasteiger partial charge is 0.481 e. The van der Waals surface area contributed by atoms with E-state index in [1.54, 1.807) is 11.9 Å². The number of carboxylic acids is 1. The average Bonchev–Trinajstić information content (AvgIpc) is 3.73. The molecule has 20 nitrogen and oxygen atoms in total. The van der Waals surface area contributed by atoms with Crippen molar-refractivity contribution in [1.82, 2.24) is 25.4 Å². The lowest BCUT2D eigenvalue weighted by Crippen LogP contribution is -2.58. The molecule has 1 aromatic carbocycles. The number of aliphatic carboxylic acids is 1. The van der Waals surface area contributed by atoms with E-state index in [-0.39, 0.29) is 77.5 Å². The van der Waals surface area contributed by atoms with Crippen molar-refractivity contribution in [2.45, 2.75) is 148 Å². The number of esters is 1. The van der Waals surface area contributed by atoms with E-state index in [1.807, 2.05) is 53.5 Å². The molecule has 0 saturated carbocycles. The van der Waals surface area contributed by atoms with Crippen LogP contribution in [0, 0.1) is 17.8 Å². The molecular formula is C45H69N6O14PS2. The Morgan fingerprint density at radius 3 is 2.31 bits per heavy atom. The van der Waals surface area contributed by atoms with Crippen molar-refractivity contribution >= 4 is 79.2 Å². The summed E-state index contributed by atoms with van der Waals surface area (Å²) in [5.74, 6) is -5.01. The van der Waals surface area contributed by atoms with Crippen molar-refractivity contribution in [3.63, 3.8) is 0 Å². The van der Waals surface area contributed by atoms with Crippen LogP contribution in [0.5, 0.6) is 5.75 Å². The number of piperidine rings is 1. The largest absolute Gasteiger partial charge is 0.529 e. The Morgan fingerprint density at radius 1 is 1.06 bits per heavy atom. The summed E-state index contributed by atoms with van der Waals surface area (Å²) in [4.78, 5) is 118. The Balaban J connectivity index is 1.91. The van der Waals surface area contributed by atoms with Gasteiger partial charge in [0.2, 0.25) is 17.7 Å². The molecular weight excluding hydrogens is 944 g/mol. The molecule has 4 amide bonds. The van der Waals surface area contributed by atoms with Crippen molar-refractivity contribution in [3.05, 3.63) is 39.8 Å². The fraction of sp³-hybridized carbons (Fsp3) is 0.644. The number of hydrogen-bond donors (Lipinski definition) is 7. The van der Waals surface area contributed by atoms with Crippen molar-refractivity contribution in [3.8, 4) is 5.75 Å². The topological polar surface area (TPSA) is 280 Å². The van der Waals surface area contributed by atoms with Gasteiger partial charge in [0.1, 0.15) is 16.7 Å². The summed E-state index contributed by atoms with van der Waals surface area (Å²) in [7, 11) is -1.71. The van der Waals surface area contributed by atoms with Crippen LogP contribution in [0.2, 0.25) is 0 Å². The van der Waals surface area contributed by atoms with Crippen LogP contribution in [0.25, 0.3) is 0 Å². The molecule has 1 aliphatic rings. The quantitative estimate of drug-likeness (QED) is 0.0270. The number of nitrogens with zero attached hydrogens (tertiary/aromatic N) is 3. The fourth-order valence-electron chi connectivity index (χ4n) is 7.75. The number of nitrogens with one attached hydrogen (secondary N) is 3. The van der Waals surface area contributed by atoms with Crippen LogP contribution in [0.3, 0.4) is 0 Å². The van der Waals surface area contributed by atoms with Gasteiger partial charge in [0.15, 0.2) is 11.9 Å². The standard InChI is InChI=1S/C45H69N6O14PS2/c1-11-26(4)38(49-40(55)33-14-12-13-19-50(33)9)42(56)51(10)34(25(2)3)23-36(63-28(6)52)41-48-32(24-68-41)39(54)46-30(20-27(5)43(57)58)21-29-15-16-35(64-44(59)65-66(60,61)62)31(22-29)47-37(53)17-18-45(7,8)67/h15-16,22,24-27,30,33-34,36,38,67H,11-14,17-21,23H2,1-10H3,(H,46,54)(H,47,53)(H,49,55)(H,57,58)(H2,60,61,62)/t26-,27?,30+,33?,34+,36+,38-/m0/s1. The first kappa shape index (κ1) is 57.7. The number of anilines is 1. The molecule has 23 heteroatoms. The van der Waals surface area contributed by atoms with Crippen LogP contribution in [-0.4, -0.2) is 121 Å². The van der Waals surface area contributed by atoms with Crippen molar-refractivity contribution in [1.29, 1.82) is 0 Å². The first-order chi connectivity index (χ1) is 31.6. The van der Waals surface area contributed by atoms with Gasteiger partial charge in [-0.3, -0.25) is 43.5 Å². The number of amides is 4. The highest BCUT2D eigenvalue weighted by atomic mass is 32.1. The second kappa shape index (κ2) is 25.8. The number of carbonyl (C=O) groups is 7. The molecule has 7 atom stereocenters. The Labute approximate surface area is 407 Å². The van der Waals surface area contributed by atoms with Crippen LogP contribution >= 0.6 is 31.8 Å². The van der Waals surface area contributed by atoms with E-state index in [4.69, 9.17) is 19.3 Å². The van der Waals surface area contributed by atoms with E-state index in [0.717, 1.165) is 30.7 Å². The van der Waals surface area contributed by atoms with Gasteiger partial charge in [-0.05, 0) is 75.2 Å². The Hall–Kier alpha value is -4.60. The van der Waals surface area contributed by atoms with Crippen molar-refractivity contribution in [2.24, 2.45) is 17.8 Å². The third-order valence-electron chi connectivity index (χ3n) is 11.8. The number of aromatic nitrogens is 1. The Bertz CT molecular complexity index is 2140. The molecule has 0 bridgehead atoms. The number of carbonyl (C=O) groups excluding carboxylic acids is 6. The van der Waals surface area contributed by atoms with E-state index < -0.39 is 72.6 Å². The van der Waals surface area contributed by atoms with Crippen LogP contribution in [0.15, 0.2) is 23.6 Å². The zero-order valence-corrected chi connectivity index (χ0v) is 43.1. The molecule has 2 aromatic rings. The molecule has 0 aliphatic carbocycles. The number of hydrogen-bond acceptors (Lipinski definition) is 15. The highest BCUT2D eigenvalue weighted by molar-refractivity contribution is 7.81. The molecule has 1 fully saturated rings. The van der Waals surface area contributed by atoms with Gasteiger partial charge >= 0.3 is 25.9 Å². The number of phosphoric ester groups is 1. The molecule has 0 radical (unpaired) electrons. The molecule has 380 valence electrons. The first-order valence-electron chi connectivity index (χ1n) is 22.6. The summed E-state index contributed by atoms with van der Waals surface area (Å²) in [6, 6.07) is 1.58. The molecule has 1 aliphatic heterocycles. The predicted molar refractivity (Wildman–Crippen MR) is 257 cm³/mol. The average molecular weight is 1010 g/mol. The second-order valence-corrected chi connectivity index (χ2v) is 21.8. The molecule has 1 saturated heterocycles. The summed E-state index contributed by atoms with van der Waals surface area (Å²) in [5, 5.41) is 20.1. The van der Waals surface area contributed by atoms with Crippen LogP contribution in [0.4, 0.5) is 10.5 Å². The first-order valence-corrected chi connectivity index (χ1v) is 25.5. The van der Waals surface area contributed by atoms with Gasteiger partial charge in [-0.15, -0.1) is 11.3 Å². The number of ether oxygens (including phenoxy) is 2. The maximum atomic E-state index is 14.3. The van der Waals surface area contributed by atoms with Gasteiger partial charge in [-0.2, -0.15) is 12.6 Å². The molecule has 1 aromatic heterocycles. The highest BCUT2D eigenvalue weighted by Crippen LogP contribution is 2.38. The van der Waals surface area contributed by atoms with Gasteiger partial charge in [-0.1, -0.05) is 67.4 Å². The summed E-state index contributed by atoms with van der Waals surface area (Å²) >= 11 is 5.50. The number of carboxylic acid groups (broad SMARTS) is 1. The number of likely N-dealkylation sites (N-methyl/N-ethyl adjacent to an activating group) is 2. The lowest BCUT2D eigenvalue weighted by molar-refractivity contribution is -0.149. The third-order valence-corrected chi connectivity index (χ3v) is 13.4. The van der Waals surface area contributed by atoms with Gasteiger partial charge in [0.25, 0.3) is 5.91 Å². The van der Waals surface area contributed by atoms with Crippen molar-refractivity contribution in [2.75, 3.05) is 26.0 Å². The summed E-state index contributed by atoms with van der Waals surface area (Å²) < 4.78 is 25.5. The maximum absolute atomic E-state index is 14.3. The SMILES string of the molecule is CC[C@H](C)[C@H](NC(=O)C1CCCCN1C)C(=O)N(C)[C@H](C[C@@H](OC(C)=O)c1nc(C(=O)N[C@@H](Cc2ccc(OC(=O)OP(=O)(O)O)c(NC(=O)CCC(C)(C)S)c2)CC(C)C(=O)O)cs1)C(C)C. The predicted octanol–water partition coefficient (Wildman–Crippen LogP) is 6.12. The number of thiol groups is 1. The fourth-order valence-corrected chi connectivity index (χ4v) is 8.93. The molecule has 0 spiro atoms. The molecule has 68 heavy (non-hydrogen) atoms. The minimum Gasteiger partial charge on any atom is -0.481 e. The van der Waals surface area contributed by atoms with Gasteiger partial charge < -0.3 is 40.0 Å². The second-order valence-electron chi connectivity index (χ2n) is 18.5. The molecule has 3 rings (SSSR count). The molecule has 2 unspecified atom stereocenters. The lowest BCUT2D eigenvalue weighted by atomic mass is 9.92. The van der Waals surface area contributed by atoms with Gasteiger partial charge in [-0.25, -0.2) is 14.3 Å².